The van der Waals surface area contributed by atoms with Crippen LogP contribution < -0.4 is 9.62 Å². The highest BCUT2D eigenvalue weighted by Gasteiger charge is 2.19. The van der Waals surface area contributed by atoms with E-state index >= 15 is 0 Å². The van der Waals surface area contributed by atoms with Crippen molar-refractivity contribution >= 4 is 38.9 Å². The fourth-order valence-corrected chi connectivity index (χ4v) is 3.05. The molecule has 0 aromatic heterocycles. The Bertz CT molecular complexity index is 895. The summed E-state index contributed by atoms with van der Waals surface area (Å²) in [4.78, 5) is 12.6. The van der Waals surface area contributed by atoms with E-state index in [2.05, 4.69) is 5.32 Å². The van der Waals surface area contributed by atoms with Gasteiger partial charge in [-0.05, 0) is 49.2 Å². The summed E-state index contributed by atoms with van der Waals surface area (Å²) in [6.45, 7) is 3.54. The van der Waals surface area contributed by atoms with Crippen molar-refractivity contribution in [2.24, 2.45) is 0 Å². The Morgan fingerprint density at radius 1 is 1.08 bits per heavy atom. The molecule has 0 bridgehead atoms. The first-order valence-electron chi connectivity index (χ1n) is 7.23. The topological polar surface area (TPSA) is 66.5 Å². The van der Waals surface area contributed by atoms with Gasteiger partial charge < -0.3 is 5.32 Å². The standard InChI is InChI=1S/C17H19ClN2O3S/c1-11-13(7-5-10-16(11)20(3)24(4,22)23)17(21)19-15-9-6-8-14(18)12(15)2/h5-10H,1-4H3,(H,19,21). The van der Waals surface area contributed by atoms with Crippen LogP contribution in [-0.4, -0.2) is 27.6 Å². The Hall–Kier alpha value is -2.05. The van der Waals surface area contributed by atoms with Crippen LogP contribution in [0.2, 0.25) is 5.02 Å². The van der Waals surface area contributed by atoms with Gasteiger partial charge in [0.1, 0.15) is 0 Å². The number of carbonyl (C=O) groups excluding carboxylic acids is 1. The van der Waals surface area contributed by atoms with E-state index < -0.39 is 10.0 Å². The number of hydrogen-bond acceptors (Lipinski definition) is 3. The average molecular weight is 367 g/mol. The minimum atomic E-state index is -3.41. The van der Waals surface area contributed by atoms with E-state index in [1.165, 1.54) is 7.05 Å². The van der Waals surface area contributed by atoms with E-state index in [0.29, 0.717) is 27.5 Å². The number of anilines is 2. The van der Waals surface area contributed by atoms with Crippen molar-refractivity contribution in [1.82, 2.24) is 0 Å². The van der Waals surface area contributed by atoms with E-state index in [0.717, 1.165) is 16.1 Å². The van der Waals surface area contributed by atoms with Gasteiger partial charge in [-0.3, -0.25) is 9.10 Å². The first-order chi connectivity index (χ1) is 11.1. The third-order valence-electron chi connectivity index (χ3n) is 3.90. The second kappa shape index (κ2) is 6.83. The molecule has 0 aliphatic carbocycles. The lowest BCUT2D eigenvalue weighted by molar-refractivity contribution is 0.102. The Morgan fingerprint density at radius 3 is 2.33 bits per heavy atom. The normalized spacial score (nSPS) is 11.2. The number of nitrogens with one attached hydrogen (secondary N) is 1. The van der Waals surface area contributed by atoms with Crippen molar-refractivity contribution in [2.45, 2.75) is 13.8 Å². The van der Waals surface area contributed by atoms with Crippen LogP contribution in [0.1, 0.15) is 21.5 Å². The molecule has 2 aromatic rings. The van der Waals surface area contributed by atoms with Gasteiger partial charge in [0, 0.05) is 23.3 Å². The third-order valence-corrected chi connectivity index (χ3v) is 5.50. The minimum Gasteiger partial charge on any atom is -0.322 e. The molecule has 0 unspecified atom stereocenters. The van der Waals surface area contributed by atoms with Crippen molar-refractivity contribution < 1.29 is 13.2 Å². The van der Waals surface area contributed by atoms with Gasteiger partial charge in [-0.25, -0.2) is 8.42 Å². The van der Waals surface area contributed by atoms with Gasteiger partial charge in [-0.1, -0.05) is 23.7 Å². The lowest BCUT2D eigenvalue weighted by Gasteiger charge is -2.20. The number of halogens is 1. The van der Waals surface area contributed by atoms with E-state index in [-0.39, 0.29) is 5.91 Å². The summed E-state index contributed by atoms with van der Waals surface area (Å²) < 4.78 is 24.7. The van der Waals surface area contributed by atoms with Crippen LogP contribution in [0.25, 0.3) is 0 Å². The summed E-state index contributed by atoms with van der Waals surface area (Å²) >= 11 is 6.07. The molecule has 7 heteroatoms. The number of hydrogen-bond donors (Lipinski definition) is 1. The molecule has 0 aliphatic heterocycles. The molecule has 0 fully saturated rings. The Kier molecular flexibility index (Phi) is 5.20. The first-order valence-corrected chi connectivity index (χ1v) is 9.45. The lowest BCUT2D eigenvalue weighted by atomic mass is 10.1. The summed E-state index contributed by atoms with van der Waals surface area (Å²) in [7, 11) is -1.95. The molecule has 0 spiro atoms. The molecular formula is C17H19ClN2O3S. The van der Waals surface area contributed by atoms with Gasteiger partial charge in [0.25, 0.3) is 5.91 Å². The highest BCUT2D eigenvalue weighted by Crippen LogP contribution is 2.27. The van der Waals surface area contributed by atoms with Crippen LogP contribution >= 0.6 is 11.6 Å². The van der Waals surface area contributed by atoms with Crippen molar-refractivity contribution in [3.63, 3.8) is 0 Å². The minimum absolute atomic E-state index is 0.318. The Balaban J connectivity index is 2.39. The molecule has 128 valence electrons. The quantitative estimate of drug-likeness (QED) is 0.898. The van der Waals surface area contributed by atoms with Crippen LogP contribution in [0, 0.1) is 13.8 Å². The summed E-state index contributed by atoms with van der Waals surface area (Å²) in [6.07, 6.45) is 1.12. The second-order valence-electron chi connectivity index (χ2n) is 5.55. The van der Waals surface area contributed by atoms with Gasteiger partial charge in [0.05, 0.1) is 11.9 Å². The van der Waals surface area contributed by atoms with Gasteiger partial charge in [-0.2, -0.15) is 0 Å². The molecule has 0 aliphatic rings. The van der Waals surface area contributed by atoms with Crippen LogP contribution in [0.5, 0.6) is 0 Å². The summed E-state index contributed by atoms with van der Waals surface area (Å²) in [5.41, 5.74) is 2.85. The SMILES string of the molecule is Cc1c(Cl)cccc1NC(=O)c1cccc(N(C)S(C)(=O)=O)c1C. The summed E-state index contributed by atoms with van der Waals surface area (Å²) in [5, 5.41) is 3.39. The third kappa shape index (κ3) is 3.71. The van der Waals surface area contributed by atoms with E-state index in [1.54, 1.807) is 43.3 Å². The smallest absolute Gasteiger partial charge is 0.256 e. The van der Waals surface area contributed by atoms with Gasteiger partial charge in [0.2, 0.25) is 10.0 Å². The number of carbonyl (C=O) groups is 1. The predicted molar refractivity (Wildman–Crippen MR) is 98.6 cm³/mol. The number of rotatable bonds is 4. The molecule has 0 atom stereocenters. The molecule has 5 nitrogen and oxygen atoms in total. The highest BCUT2D eigenvalue weighted by molar-refractivity contribution is 7.92. The van der Waals surface area contributed by atoms with Crippen LogP contribution in [0.3, 0.4) is 0 Å². The van der Waals surface area contributed by atoms with Crippen molar-refractivity contribution in [3.8, 4) is 0 Å². The molecule has 1 amide bonds. The molecule has 24 heavy (non-hydrogen) atoms. The highest BCUT2D eigenvalue weighted by atomic mass is 35.5. The molecule has 2 aromatic carbocycles. The molecule has 0 radical (unpaired) electrons. The number of benzene rings is 2. The average Bonchev–Trinajstić information content (AvgIpc) is 2.50. The van der Waals surface area contributed by atoms with Gasteiger partial charge >= 0.3 is 0 Å². The monoisotopic (exact) mass is 366 g/mol. The summed E-state index contributed by atoms with van der Waals surface area (Å²) in [6, 6.07) is 10.2. The maximum atomic E-state index is 12.6. The van der Waals surface area contributed by atoms with E-state index in [1.807, 2.05) is 6.92 Å². The molecule has 1 N–H and O–H groups in total. The van der Waals surface area contributed by atoms with Crippen molar-refractivity contribution in [3.05, 3.63) is 58.1 Å². The van der Waals surface area contributed by atoms with E-state index in [4.69, 9.17) is 11.6 Å². The fraction of sp³-hybridized carbons (Fsp3) is 0.235. The largest absolute Gasteiger partial charge is 0.322 e. The Labute approximate surface area is 147 Å². The molecule has 2 rings (SSSR count). The molecule has 0 saturated carbocycles. The van der Waals surface area contributed by atoms with Crippen LogP contribution in [0.4, 0.5) is 11.4 Å². The van der Waals surface area contributed by atoms with Crippen LogP contribution in [-0.2, 0) is 10.0 Å². The fourth-order valence-electron chi connectivity index (χ4n) is 2.32. The maximum absolute atomic E-state index is 12.6. The number of sulfonamides is 1. The first kappa shape index (κ1) is 18.3. The number of amides is 1. The summed E-state index contributed by atoms with van der Waals surface area (Å²) in [5.74, 6) is -0.318. The molecular weight excluding hydrogens is 348 g/mol. The maximum Gasteiger partial charge on any atom is 0.256 e. The lowest BCUT2D eigenvalue weighted by Crippen LogP contribution is -2.26. The zero-order valence-electron chi connectivity index (χ0n) is 13.9. The van der Waals surface area contributed by atoms with Crippen LogP contribution in [0.15, 0.2) is 36.4 Å². The van der Waals surface area contributed by atoms with Crippen molar-refractivity contribution in [1.29, 1.82) is 0 Å². The number of nitrogens with zero attached hydrogens (tertiary/aromatic N) is 1. The van der Waals surface area contributed by atoms with Crippen molar-refractivity contribution in [2.75, 3.05) is 22.9 Å². The molecule has 0 saturated heterocycles. The second-order valence-corrected chi connectivity index (χ2v) is 7.97. The Morgan fingerprint density at radius 2 is 1.71 bits per heavy atom. The zero-order chi connectivity index (χ0) is 18.1. The zero-order valence-corrected chi connectivity index (χ0v) is 15.5. The van der Waals surface area contributed by atoms with Gasteiger partial charge in [0.15, 0.2) is 0 Å². The van der Waals surface area contributed by atoms with Gasteiger partial charge in [-0.15, -0.1) is 0 Å². The predicted octanol–water partition coefficient (Wildman–Crippen LogP) is 3.60. The molecule has 0 heterocycles. The van der Waals surface area contributed by atoms with E-state index in [9.17, 15) is 13.2 Å².